The number of benzene rings is 3. The molecule has 2 aromatic heterocycles. The van der Waals surface area contributed by atoms with Crippen molar-refractivity contribution in [1.29, 1.82) is 0 Å². The van der Waals surface area contributed by atoms with Crippen LogP contribution in [0.2, 0.25) is 0 Å². The Bertz CT molecular complexity index is 2720. The van der Waals surface area contributed by atoms with Crippen LogP contribution in [-0.4, -0.2) is 36.2 Å². The molecule has 13 nitrogen and oxygen atoms in total. The van der Waals surface area contributed by atoms with Crippen LogP contribution in [0.5, 0.6) is 0 Å². The summed E-state index contributed by atoms with van der Waals surface area (Å²) < 4.78 is 4.70. The lowest BCUT2D eigenvalue weighted by Crippen LogP contribution is -2.11. The highest BCUT2D eigenvalue weighted by molar-refractivity contribution is 9.15. The van der Waals surface area contributed by atoms with Crippen LogP contribution in [0.4, 0.5) is 17.1 Å². The number of aliphatic imine (C=N–C) groups is 2. The van der Waals surface area contributed by atoms with Gasteiger partial charge in [-0.15, -0.1) is 0 Å². The fourth-order valence-corrected chi connectivity index (χ4v) is 10.7. The molecule has 0 spiro atoms. The van der Waals surface area contributed by atoms with Crippen molar-refractivity contribution in [3.8, 4) is 0 Å². The van der Waals surface area contributed by atoms with E-state index in [2.05, 4.69) is 137 Å². The Balaban J connectivity index is 1.53. The second-order valence-corrected chi connectivity index (χ2v) is 18.9. The smallest absolute Gasteiger partial charge is 0.269 e. The topological polar surface area (TPSA) is 186 Å². The van der Waals surface area contributed by atoms with Crippen molar-refractivity contribution in [2.45, 2.75) is 5.92 Å². The second kappa shape index (κ2) is 15.9. The third-order valence-electron chi connectivity index (χ3n) is 9.43. The van der Waals surface area contributed by atoms with Crippen LogP contribution >= 0.6 is 127 Å². The number of allylic oxidation sites excluding steroid dienone is 4. The monoisotopic (exact) mass is 1280 g/mol. The van der Waals surface area contributed by atoms with Gasteiger partial charge in [-0.2, -0.15) is 0 Å². The molecule has 3 aliphatic heterocycles. The van der Waals surface area contributed by atoms with Gasteiger partial charge in [-0.1, -0.05) is 12.1 Å². The van der Waals surface area contributed by atoms with E-state index in [1.54, 1.807) is 36.4 Å². The number of nitro groups is 3. The van der Waals surface area contributed by atoms with Crippen LogP contribution in [0.25, 0.3) is 11.1 Å². The lowest BCUT2D eigenvalue weighted by Gasteiger charge is -2.18. The molecule has 0 aliphatic carbocycles. The van der Waals surface area contributed by atoms with E-state index in [1.807, 2.05) is 0 Å². The first-order chi connectivity index (χ1) is 27.6. The highest BCUT2D eigenvalue weighted by atomic mass is 79.9. The van der Waals surface area contributed by atoms with Gasteiger partial charge in [0.25, 0.3) is 17.1 Å². The number of hydrogen-bond donors (Lipinski definition) is 2. The highest BCUT2D eigenvalue weighted by Gasteiger charge is 2.38. The Morgan fingerprint density at radius 2 is 0.793 bits per heavy atom. The molecular formula is C37H15Br8N7O6. The van der Waals surface area contributed by atoms with Gasteiger partial charge in [-0.25, -0.2) is 9.98 Å². The maximum Gasteiger partial charge on any atom is 0.269 e. The molecule has 0 saturated carbocycles. The highest BCUT2D eigenvalue weighted by Crippen LogP contribution is 2.52. The van der Waals surface area contributed by atoms with Gasteiger partial charge in [0.05, 0.1) is 79.3 Å². The molecule has 0 unspecified atom stereocenters. The summed E-state index contributed by atoms with van der Waals surface area (Å²) in [5, 5.41) is 35.1. The number of halogens is 8. The predicted octanol–water partition coefficient (Wildman–Crippen LogP) is 13.7. The third kappa shape index (κ3) is 6.88. The molecule has 290 valence electrons. The number of fused-ring (bicyclic) bond motifs is 7. The van der Waals surface area contributed by atoms with Crippen molar-refractivity contribution in [3.63, 3.8) is 0 Å². The molecule has 0 amide bonds. The molecule has 3 aromatic carbocycles. The van der Waals surface area contributed by atoms with Gasteiger partial charge in [0.1, 0.15) is 11.4 Å². The van der Waals surface area contributed by atoms with Crippen LogP contribution in [-0.2, 0) is 0 Å². The Hall–Kier alpha value is -3.44. The number of non-ortho nitro benzene ring substituents is 3. The maximum atomic E-state index is 11.8. The minimum absolute atomic E-state index is 0.0923. The minimum atomic E-state index is -0.669. The lowest BCUT2D eigenvalue weighted by atomic mass is 9.92. The number of nitro benzene ring substituents is 3. The molecular weight excluding hydrogens is 1280 g/mol. The fourth-order valence-electron chi connectivity index (χ4n) is 6.73. The van der Waals surface area contributed by atoms with Crippen LogP contribution in [0.3, 0.4) is 0 Å². The summed E-state index contributed by atoms with van der Waals surface area (Å²) in [4.78, 5) is 51.3. The van der Waals surface area contributed by atoms with Crippen molar-refractivity contribution in [2.75, 3.05) is 0 Å². The van der Waals surface area contributed by atoms with E-state index in [-0.39, 0.29) is 17.1 Å². The Morgan fingerprint density at radius 3 is 1.12 bits per heavy atom. The summed E-state index contributed by atoms with van der Waals surface area (Å²) in [6.07, 6.45) is 0. The average molecular weight is 1290 g/mol. The van der Waals surface area contributed by atoms with E-state index in [0.29, 0.717) is 109 Å². The third-order valence-corrected chi connectivity index (χ3v) is 17.9. The van der Waals surface area contributed by atoms with Crippen molar-refractivity contribution < 1.29 is 14.8 Å². The molecule has 5 aromatic rings. The van der Waals surface area contributed by atoms with Crippen molar-refractivity contribution in [2.24, 2.45) is 9.98 Å². The zero-order valence-corrected chi connectivity index (χ0v) is 40.9. The van der Waals surface area contributed by atoms with Crippen molar-refractivity contribution in [1.82, 2.24) is 9.97 Å². The molecule has 0 saturated heterocycles. The maximum absolute atomic E-state index is 11.8. The van der Waals surface area contributed by atoms with Gasteiger partial charge in [0, 0.05) is 58.9 Å². The molecule has 8 bridgehead atoms. The second-order valence-electron chi connectivity index (χ2n) is 12.6. The molecule has 8 rings (SSSR count). The Kier molecular flexibility index (Phi) is 11.3. The van der Waals surface area contributed by atoms with Gasteiger partial charge in [0.2, 0.25) is 0 Å². The molecule has 5 heterocycles. The summed E-state index contributed by atoms with van der Waals surface area (Å²) in [5.41, 5.74) is 6.93. The molecule has 0 atom stereocenters. The van der Waals surface area contributed by atoms with Crippen molar-refractivity contribution >= 4 is 167 Å². The molecule has 58 heavy (non-hydrogen) atoms. The SMILES string of the molecule is O=[N+]([O-])c1ccc(/C2=C3/N=C(C4=N/C(=C(/c5ccc([N+](=O)[O-])cc5)c5[nH]c(c(Br)c5Br)C(c5ccc([N+](=O)[O-])cc5)c5[nH]c2c(Br)c5Br)C(Br)=C4Br)C(Br)=C3Br)cc1. The first kappa shape index (κ1) is 41.3. The van der Waals surface area contributed by atoms with E-state index in [0.717, 1.165) is 0 Å². The van der Waals surface area contributed by atoms with Crippen molar-refractivity contribution in [3.05, 3.63) is 190 Å². The Morgan fingerprint density at radius 1 is 0.466 bits per heavy atom. The van der Waals surface area contributed by atoms with Crippen LogP contribution in [0, 0.1) is 30.3 Å². The van der Waals surface area contributed by atoms with E-state index in [4.69, 9.17) is 9.98 Å². The first-order valence-corrected chi connectivity index (χ1v) is 22.6. The Labute approximate surface area is 393 Å². The molecule has 2 N–H and O–H groups in total. The molecule has 0 fully saturated rings. The van der Waals surface area contributed by atoms with E-state index >= 15 is 0 Å². The normalized spacial score (nSPS) is 18.0. The van der Waals surface area contributed by atoms with E-state index in [1.165, 1.54) is 36.4 Å². The number of rotatable bonds is 6. The first-order valence-electron chi connectivity index (χ1n) is 16.3. The molecule has 3 aliphatic rings. The standard InChI is InChI=1S/C37H15Br8N7O6/c38-22-24(40)32-20(14-3-9-17(10-4-14)51(55)56)34-26(42)28(44)36(48-34)37-29(45)27(43)35(49-37)21(15-5-11-18(12-6-15)52(57)58)33-25(41)23(39)31(47-33)19(30(22)46-32)13-1-7-16(8-2-13)50(53)54/h1-12,19,46-47H/b34-20-,35-21-. The number of aromatic amines is 2. The van der Waals surface area contributed by atoms with Gasteiger partial charge < -0.3 is 9.97 Å². The van der Waals surface area contributed by atoms with Crippen LogP contribution in [0.1, 0.15) is 45.4 Å². The summed E-state index contributed by atoms with van der Waals surface area (Å²) in [6, 6.07) is 18.5. The average Bonchev–Trinajstić information content (AvgIpc) is 3.87. The van der Waals surface area contributed by atoms with Gasteiger partial charge >= 0.3 is 0 Å². The number of hydrogen-bond acceptors (Lipinski definition) is 8. The number of aromatic nitrogens is 2. The zero-order valence-electron chi connectivity index (χ0n) is 28.2. The zero-order chi connectivity index (χ0) is 41.5. The fraction of sp³-hybridized carbons (Fsp3) is 0.0270. The van der Waals surface area contributed by atoms with Gasteiger partial charge in [0.15, 0.2) is 0 Å². The van der Waals surface area contributed by atoms with Gasteiger partial charge in [-0.05, 0) is 168 Å². The number of nitrogens with zero attached hydrogens (tertiary/aromatic N) is 5. The number of nitrogens with one attached hydrogen (secondary N) is 2. The van der Waals surface area contributed by atoms with Gasteiger partial charge in [-0.3, -0.25) is 30.3 Å². The summed E-state index contributed by atoms with van der Waals surface area (Å²) >= 11 is 30.4. The van der Waals surface area contributed by atoms with Crippen LogP contribution in [0.15, 0.2) is 130 Å². The lowest BCUT2D eigenvalue weighted by molar-refractivity contribution is -0.385. The largest absolute Gasteiger partial charge is 0.356 e. The van der Waals surface area contributed by atoms with Crippen LogP contribution < -0.4 is 0 Å². The predicted molar refractivity (Wildman–Crippen MR) is 249 cm³/mol. The summed E-state index contributed by atoms with van der Waals surface area (Å²) in [5.74, 6) is -0.669. The number of H-pyrrole nitrogens is 2. The molecule has 21 heteroatoms. The van der Waals surface area contributed by atoms with E-state index < -0.39 is 20.7 Å². The van der Waals surface area contributed by atoms with E-state index in [9.17, 15) is 30.3 Å². The minimum Gasteiger partial charge on any atom is -0.356 e. The molecule has 0 radical (unpaired) electrons. The quantitative estimate of drug-likeness (QED) is 0.126. The summed E-state index contributed by atoms with van der Waals surface area (Å²) in [6.45, 7) is 0. The summed E-state index contributed by atoms with van der Waals surface area (Å²) in [7, 11) is 0.